The van der Waals surface area contributed by atoms with Crippen LogP contribution in [-0.2, 0) is 0 Å². The Morgan fingerprint density at radius 1 is 1.29 bits per heavy atom. The third-order valence-corrected chi connectivity index (χ3v) is 3.25. The standard InChI is InChI=1S/C13H19N3S/c1-11-3-2-4-12(9-11)16-7-5-15(6-8-16)10-13(14)17/h2-4,9H,5-8,10H2,1H3,(H2,14,17). The number of nitrogens with two attached hydrogens (primary N) is 1. The first-order valence-corrected chi connectivity index (χ1v) is 6.38. The van der Waals surface area contributed by atoms with Crippen LogP contribution in [0.1, 0.15) is 5.56 Å². The fourth-order valence-electron chi connectivity index (χ4n) is 2.21. The monoisotopic (exact) mass is 249 g/mol. The molecule has 0 spiro atoms. The van der Waals surface area contributed by atoms with Gasteiger partial charge in [0.25, 0.3) is 0 Å². The maximum absolute atomic E-state index is 5.57. The van der Waals surface area contributed by atoms with Crippen LogP contribution in [-0.4, -0.2) is 42.6 Å². The predicted molar refractivity (Wildman–Crippen MR) is 76.6 cm³/mol. The molecule has 1 aromatic carbocycles. The second-order valence-electron chi connectivity index (χ2n) is 4.57. The van der Waals surface area contributed by atoms with Crippen molar-refractivity contribution in [2.45, 2.75) is 6.92 Å². The van der Waals surface area contributed by atoms with Gasteiger partial charge in [0.15, 0.2) is 0 Å². The summed E-state index contributed by atoms with van der Waals surface area (Å²) in [6, 6.07) is 8.66. The van der Waals surface area contributed by atoms with Crippen LogP contribution in [0.4, 0.5) is 5.69 Å². The van der Waals surface area contributed by atoms with Crippen LogP contribution in [0.3, 0.4) is 0 Å². The largest absolute Gasteiger partial charge is 0.392 e. The highest BCUT2D eigenvalue weighted by molar-refractivity contribution is 7.80. The molecule has 4 heteroatoms. The van der Waals surface area contributed by atoms with E-state index in [1.54, 1.807) is 0 Å². The van der Waals surface area contributed by atoms with Gasteiger partial charge in [-0.3, -0.25) is 4.90 Å². The first kappa shape index (κ1) is 12.3. The zero-order valence-electron chi connectivity index (χ0n) is 10.2. The highest BCUT2D eigenvalue weighted by Crippen LogP contribution is 2.17. The molecule has 1 heterocycles. The van der Waals surface area contributed by atoms with Gasteiger partial charge in [0, 0.05) is 38.4 Å². The minimum atomic E-state index is 0.592. The molecule has 1 saturated heterocycles. The first-order valence-electron chi connectivity index (χ1n) is 5.97. The molecule has 0 aliphatic carbocycles. The van der Waals surface area contributed by atoms with Crippen LogP contribution in [0, 0.1) is 6.92 Å². The molecule has 92 valence electrons. The van der Waals surface area contributed by atoms with E-state index < -0.39 is 0 Å². The zero-order chi connectivity index (χ0) is 12.3. The number of hydrogen-bond donors (Lipinski definition) is 1. The van der Waals surface area contributed by atoms with Gasteiger partial charge in [0.2, 0.25) is 0 Å². The van der Waals surface area contributed by atoms with E-state index in [0.717, 1.165) is 32.7 Å². The van der Waals surface area contributed by atoms with Gasteiger partial charge in [-0.25, -0.2) is 0 Å². The van der Waals surface area contributed by atoms with Crippen molar-refractivity contribution in [3.8, 4) is 0 Å². The van der Waals surface area contributed by atoms with Crippen molar-refractivity contribution in [3.63, 3.8) is 0 Å². The van der Waals surface area contributed by atoms with Crippen molar-refractivity contribution in [1.29, 1.82) is 0 Å². The van der Waals surface area contributed by atoms with Crippen molar-refractivity contribution in [2.75, 3.05) is 37.6 Å². The molecule has 17 heavy (non-hydrogen) atoms. The van der Waals surface area contributed by atoms with Crippen LogP contribution in [0.25, 0.3) is 0 Å². The molecule has 1 aromatic rings. The number of hydrogen-bond acceptors (Lipinski definition) is 3. The van der Waals surface area contributed by atoms with Gasteiger partial charge in [-0.05, 0) is 24.6 Å². The summed E-state index contributed by atoms with van der Waals surface area (Å²) in [5.74, 6) is 0. The summed E-state index contributed by atoms with van der Waals surface area (Å²) >= 11 is 4.94. The van der Waals surface area contributed by atoms with Gasteiger partial charge in [0.1, 0.15) is 0 Å². The first-order chi connectivity index (χ1) is 8.15. The second-order valence-corrected chi connectivity index (χ2v) is 5.09. The summed E-state index contributed by atoms with van der Waals surface area (Å²) in [6.45, 7) is 7.04. The summed E-state index contributed by atoms with van der Waals surface area (Å²) in [5.41, 5.74) is 8.20. The van der Waals surface area contributed by atoms with E-state index in [1.165, 1.54) is 11.3 Å². The fraction of sp³-hybridized carbons (Fsp3) is 0.462. The SMILES string of the molecule is Cc1cccc(N2CCN(CC(N)=S)CC2)c1. The Labute approximate surface area is 108 Å². The molecule has 0 radical (unpaired) electrons. The Bertz CT molecular complexity index is 397. The van der Waals surface area contributed by atoms with Crippen LogP contribution in [0.2, 0.25) is 0 Å². The van der Waals surface area contributed by atoms with Crippen molar-refractivity contribution < 1.29 is 0 Å². The van der Waals surface area contributed by atoms with Crippen LogP contribution < -0.4 is 10.6 Å². The lowest BCUT2D eigenvalue weighted by Gasteiger charge is -2.36. The normalized spacial score (nSPS) is 17.1. The van der Waals surface area contributed by atoms with Crippen molar-refractivity contribution in [3.05, 3.63) is 29.8 Å². The van der Waals surface area contributed by atoms with E-state index in [9.17, 15) is 0 Å². The van der Waals surface area contributed by atoms with Crippen molar-refractivity contribution in [2.24, 2.45) is 5.73 Å². The molecule has 1 aliphatic heterocycles. The summed E-state index contributed by atoms with van der Waals surface area (Å²) < 4.78 is 0. The van der Waals surface area contributed by atoms with Gasteiger partial charge in [-0.15, -0.1) is 0 Å². The van der Waals surface area contributed by atoms with E-state index in [2.05, 4.69) is 41.0 Å². The number of aryl methyl sites for hydroxylation is 1. The molecule has 2 N–H and O–H groups in total. The molecule has 0 atom stereocenters. The average molecular weight is 249 g/mol. The average Bonchev–Trinajstić information content (AvgIpc) is 2.29. The molecule has 0 bridgehead atoms. The maximum Gasteiger partial charge on any atom is 0.0870 e. The minimum absolute atomic E-state index is 0.592. The summed E-state index contributed by atoms with van der Waals surface area (Å²) in [6.07, 6.45) is 0. The highest BCUT2D eigenvalue weighted by Gasteiger charge is 2.17. The lowest BCUT2D eigenvalue weighted by atomic mass is 10.2. The summed E-state index contributed by atoms with van der Waals surface area (Å²) in [7, 11) is 0. The van der Waals surface area contributed by atoms with Crippen molar-refractivity contribution in [1.82, 2.24) is 4.90 Å². The number of benzene rings is 1. The molecular weight excluding hydrogens is 230 g/mol. The Morgan fingerprint density at radius 3 is 2.59 bits per heavy atom. The fourth-order valence-corrected chi connectivity index (χ4v) is 2.39. The van der Waals surface area contributed by atoms with Gasteiger partial charge >= 0.3 is 0 Å². The molecule has 2 rings (SSSR count). The summed E-state index contributed by atoms with van der Waals surface area (Å²) in [5, 5.41) is 0. The van der Waals surface area contributed by atoms with Crippen LogP contribution in [0.15, 0.2) is 24.3 Å². The van der Waals surface area contributed by atoms with E-state index >= 15 is 0 Å². The predicted octanol–water partition coefficient (Wildman–Crippen LogP) is 1.40. The minimum Gasteiger partial charge on any atom is -0.392 e. The zero-order valence-corrected chi connectivity index (χ0v) is 11.0. The van der Waals surface area contributed by atoms with Crippen LogP contribution in [0.5, 0.6) is 0 Å². The van der Waals surface area contributed by atoms with Gasteiger partial charge in [-0.1, -0.05) is 24.4 Å². The molecule has 0 unspecified atom stereocenters. The molecule has 0 saturated carbocycles. The molecule has 3 nitrogen and oxygen atoms in total. The number of anilines is 1. The van der Waals surface area contributed by atoms with Crippen molar-refractivity contribution >= 4 is 22.9 Å². The van der Waals surface area contributed by atoms with Gasteiger partial charge in [-0.2, -0.15) is 0 Å². The lowest BCUT2D eigenvalue weighted by molar-refractivity contribution is 0.292. The van der Waals surface area contributed by atoms with E-state index in [-0.39, 0.29) is 0 Å². The maximum atomic E-state index is 5.57. The Balaban J connectivity index is 1.93. The Morgan fingerprint density at radius 2 is 2.00 bits per heavy atom. The smallest absolute Gasteiger partial charge is 0.0870 e. The molecule has 0 amide bonds. The van der Waals surface area contributed by atoms with E-state index in [0.29, 0.717) is 4.99 Å². The molecular formula is C13H19N3S. The Hall–Kier alpha value is -1.13. The second kappa shape index (κ2) is 5.47. The molecule has 1 fully saturated rings. The van der Waals surface area contributed by atoms with E-state index in [1.807, 2.05) is 0 Å². The van der Waals surface area contributed by atoms with Gasteiger partial charge in [0.05, 0.1) is 4.99 Å². The van der Waals surface area contributed by atoms with Gasteiger partial charge < -0.3 is 10.6 Å². The van der Waals surface area contributed by atoms with E-state index in [4.69, 9.17) is 18.0 Å². The quantitative estimate of drug-likeness (QED) is 0.821. The third-order valence-electron chi connectivity index (χ3n) is 3.12. The lowest BCUT2D eigenvalue weighted by Crippen LogP contribution is -2.48. The van der Waals surface area contributed by atoms with Crippen LogP contribution >= 0.6 is 12.2 Å². The number of rotatable bonds is 3. The molecule has 0 aromatic heterocycles. The Kier molecular flexibility index (Phi) is 3.97. The number of thiocarbonyl (C=S) groups is 1. The number of nitrogens with zero attached hydrogens (tertiary/aromatic N) is 2. The summed E-state index contributed by atoms with van der Waals surface area (Å²) in [4.78, 5) is 5.33. The third kappa shape index (κ3) is 3.41. The molecule has 1 aliphatic rings. The number of piperazine rings is 1. The highest BCUT2D eigenvalue weighted by atomic mass is 32.1. The topological polar surface area (TPSA) is 32.5 Å².